The van der Waals surface area contributed by atoms with Crippen molar-refractivity contribution in [1.82, 2.24) is 10.2 Å². The van der Waals surface area contributed by atoms with Crippen molar-refractivity contribution in [1.29, 1.82) is 0 Å². The molecular formula is C22H30N2O3. The Balaban J connectivity index is 1.55. The molecule has 1 aliphatic carbocycles. The lowest BCUT2D eigenvalue weighted by Gasteiger charge is -2.31. The van der Waals surface area contributed by atoms with Gasteiger partial charge < -0.3 is 20.4 Å². The van der Waals surface area contributed by atoms with Crippen molar-refractivity contribution in [2.45, 2.75) is 64.0 Å². The number of rotatable bonds is 4. The fourth-order valence-corrected chi connectivity index (χ4v) is 3.87. The molecule has 27 heavy (non-hydrogen) atoms. The topological polar surface area (TPSA) is 72.8 Å². The molecule has 146 valence electrons. The number of aliphatic hydroxyl groups excluding tert-OH is 1. The molecule has 2 aliphatic rings. The third-order valence-electron chi connectivity index (χ3n) is 5.36. The van der Waals surface area contributed by atoms with Crippen LogP contribution in [0.2, 0.25) is 0 Å². The maximum Gasteiger partial charge on any atom is 0.228 e. The molecule has 1 unspecified atom stereocenters. The highest BCUT2D eigenvalue weighted by Gasteiger charge is 2.29. The number of carbonyl (C=O) groups is 1. The maximum atomic E-state index is 12.3. The van der Waals surface area contributed by atoms with Crippen LogP contribution in [0.4, 0.5) is 0 Å². The summed E-state index contributed by atoms with van der Waals surface area (Å²) in [6, 6.07) is 5.64. The first-order chi connectivity index (χ1) is 12.7. The molecule has 1 fully saturated rings. The van der Waals surface area contributed by atoms with E-state index in [-0.39, 0.29) is 35.6 Å². The molecule has 0 spiro atoms. The number of carbonyl (C=O) groups excluding carboxylic acids is 1. The van der Waals surface area contributed by atoms with Crippen LogP contribution in [-0.2, 0) is 16.6 Å². The monoisotopic (exact) mass is 370 g/mol. The lowest BCUT2D eigenvalue weighted by Crippen LogP contribution is -2.38. The van der Waals surface area contributed by atoms with Gasteiger partial charge in [0.25, 0.3) is 0 Å². The van der Waals surface area contributed by atoms with Crippen LogP contribution in [0.3, 0.4) is 0 Å². The third-order valence-corrected chi connectivity index (χ3v) is 5.36. The van der Waals surface area contributed by atoms with Crippen LogP contribution in [0, 0.1) is 0 Å². The summed E-state index contributed by atoms with van der Waals surface area (Å²) in [5.74, 6) is 0.124. The summed E-state index contributed by atoms with van der Waals surface area (Å²) < 4.78 is 0. The van der Waals surface area contributed by atoms with Crippen LogP contribution in [0.1, 0.15) is 51.2 Å². The maximum absolute atomic E-state index is 12.3. The molecule has 5 heteroatoms. The summed E-state index contributed by atoms with van der Waals surface area (Å²) in [6.07, 6.45) is 8.70. The van der Waals surface area contributed by atoms with E-state index in [1.165, 1.54) is 0 Å². The quantitative estimate of drug-likeness (QED) is 0.762. The third kappa shape index (κ3) is 4.72. The Morgan fingerprint density at radius 1 is 1.30 bits per heavy atom. The zero-order valence-corrected chi connectivity index (χ0v) is 16.4. The van der Waals surface area contributed by atoms with Crippen molar-refractivity contribution < 1.29 is 15.0 Å². The molecule has 1 saturated carbocycles. The molecule has 1 aromatic rings. The largest absolute Gasteiger partial charge is 0.508 e. The number of aromatic hydroxyl groups is 1. The Morgan fingerprint density at radius 3 is 2.63 bits per heavy atom. The Labute approximate surface area is 161 Å². The van der Waals surface area contributed by atoms with Gasteiger partial charge in [-0.3, -0.25) is 4.79 Å². The minimum Gasteiger partial charge on any atom is -0.508 e. The number of hydrogen-bond donors (Lipinski definition) is 3. The molecular weight excluding hydrogens is 340 g/mol. The van der Waals surface area contributed by atoms with E-state index in [1.54, 1.807) is 6.07 Å². The molecule has 1 heterocycles. The highest BCUT2D eigenvalue weighted by Crippen LogP contribution is 2.31. The number of phenolic OH excluding ortho intramolecular Hbond substituents is 1. The van der Waals surface area contributed by atoms with Crippen molar-refractivity contribution in [3.8, 4) is 5.75 Å². The summed E-state index contributed by atoms with van der Waals surface area (Å²) in [5.41, 5.74) is 2.30. The van der Waals surface area contributed by atoms with Crippen molar-refractivity contribution in [2.75, 3.05) is 6.54 Å². The van der Waals surface area contributed by atoms with Gasteiger partial charge in [0.05, 0.1) is 18.6 Å². The predicted octanol–water partition coefficient (Wildman–Crippen LogP) is 2.98. The summed E-state index contributed by atoms with van der Waals surface area (Å²) in [6.45, 7) is 6.83. The minimum atomic E-state index is -0.261. The van der Waals surface area contributed by atoms with Gasteiger partial charge in [0.2, 0.25) is 5.91 Å². The lowest BCUT2D eigenvalue weighted by atomic mass is 9.85. The van der Waals surface area contributed by atoms with Gasteiger partial charge in [-0.15, -0.1) is 0 Å². The van der Waals surface area contributed by atoms with Crippen LogP contribution in [0.15, 0.2) is 42.2 Å². The SMILES string of the molecule is CC(C)(C)c1ccc(CC(=O)NC2=CCN(C3CCC[C@@H]3O)C=C2)cc1O. The Kier molecular flexibility index (Phi) is 5.61. The Morgan fingerprint density at radius 2 is 2.07 bits per heavy atom. The smallest absolute Gasteiger partial charge is 0.228 e. The van der Waals surface area contributed by atoms with E-state index in [2.05, 4.69) is 10.2 Å². The number of allylic oxidation sites excluding steroid dienone is 1. The van der Waals surface area contributed by atoms with Gasteiger partial charge in [-0.1, -0.05) is 32.9 Å². The van der Waals surface area contributed by atoms with Gasteiger partial charge in [0.15, 0.2) is 0 Å². The number of nitrogens with one attached hydrogen (secondary N) is 1. The number of aliphatic hydroxyl groups is 1. The molecule has 0 saturated heterocycles. The summed E-state index contributed by atoms with van der Waals surface area (Å²) in [7, 11) is 0. The van der Waals surface area contributed by atoms with Crippen LogP contribution in [0.5, 0.6) is 5.75 Å². The van der Waals surface area contributed by atoms with E-state index in [0.29, 0.717) is 6.54 Å². The second kappa shape index (κ2) is 7.77. The van der Waals surface area contributed by atoms with Crippen molar-refractivity contribution in [3.05, 3.63) is 53.4 Å². The van der Waals surface area contributed by atoms with E-state index >= 15 is 0 Å². The van der Waals surface area contributed by atoms with Crippen molar-refractivity contribution >= 4 is 5.91 Å². The lowest BCUT2D eigenvalue weighted by molar-refractivity contribution is -0.119. The second-order valence-electron chi connectivity index (χ2n) is 8.56. The van der Waals surface area contributed by atoms with Crippen LogP contribution in [0.25, 0.3) is 0 Å². The van der Waals surface area contributed by atoms with Crippen LogP contribution >= 0.6 is 0 Å². The number of benzene rings is 1. The van der Waals surface area contributed by atoms with Crippen molar-refractivity contribution in [2.24, 2.45) is 0 Å². The van der Waals surface area contributed by atoms with Gasteiger partial charge in [-0.05, 0) is 54.0 Å². The fourth-order valence-electron chi connectivity index (χ4n) is 3.87. The van der Waals surface area contributed by atoms with E-state index in [4.69, 9.17) is 0 Å². The Bertz CT molecular complexity index is 761. The molecule has 3 rings (SSSR count). The molecule has 0 radical (unpaired) electrons. The Hall–Kier alpha value is -2.27. The first-order valence-corrected chi connectivity index (χ1v) is 9.68. The number of phenols is 1. The molecule has 0 aromatic heterocycles. The second-order valence-corrected chi connectivity index (χ2v) is 8.56. The van der Waals surface area contributed by atoms with Gasteiger partial charge in [-0.25, -0.2) is 0 Å². The summed E-state index contributed by atoms with van der Waals surface area (Å²) in [5, 5.41) is 23.2. The zero-order valence-electron chi connectivity index (χ0n) is 16.4. The average molecular weight is 370 g/mol. The van der Waals surface area contributed by atoms with Crippen molar-refractivity contribution in [3.63, 3.8) is 0 Å². The summed E-state index contributed by atoms with van der Waals surface area (Å²) in [4.78, 5) is 14.5. The number of nitrogens with zero attached hydrogens (tertiary/aromatic N) is 1. The highest BCUT2D eigenvalue weighted by molar-refractivity contribution is 5.81. The standard InChI is InChI=1S/C22H30N2O3/c1-22(2,3)17-8-7-15(13-20(17)26)14-21(27)23-16-9-11-24(12-10-16)18-5-4-6-19(18)25/h7-11,13,18-19,25-26H,4-6,12,14H2,1-3H3,(H,23,27)/t18?,19-/m0/s1. The molecule has 1 amide bonds. The first kappa shape index (κ1) is 19.5. The fraction of sp³-hybridized carbons (Fsp3) is 0.500. The molecule has 1 aliphatic heterocycles. The molecule has 0 bridgehead atoms. The van der Waals surface area contributed by atoms with Crippen LogP contribution < -0.4 is 5.32 Å². The van der Waals surface area contributed by atoms with Gasteiger partial charge >= 0.3 is 0 Å². The molecule has 2 atom stereocenters. The minimum absolute atomic E-state index is 0.108. The van der Waals surface area contributed by atoms with E-state index in [0.717, 1.165) is 36.1 Å². The molecule has 5 nitrogen and oxygen atoms in total. The van der Waals surface area contributed by atoms with E-state index in [9.17, 15) is 15.0 Å². The first-order valence-electron chi connectivity index (χ1n) is 9.68. The predicted molar refractivity (Wildman–Crippen MR) is 106 cm³/mol. The molecule has 1 aromatic carbocycles. The highest BCUT2D eigenvalue weighted by atomic mass is 16.3. The molecule has 3 N–H and O–H groups in total. The average Bonchev–Trinajstić information content (AvgIpc) is 3.00. The van der Waals surface area contributed by atoms with Gasteiger partial charge in [0.1, 0.15) is 5.75 Å². The number of hydrogen-bond acceptors (Lipinski definition) is 4. The van der Waals surface area contributed by atoms with Crippen LogP contribution in [-0.4, -0.2) is 39.7 Å². The normalized spacial score (nSPS) is 22.7. The summed E-state index contributed by atoms with van der Waals surface area (Å²) >= 11 is 0. The number of amides is 1. The zero-order chi connectivity index (χ0) is 19.6. The van der Waals surface area contributed by atoms with E-state index < -0.39 is 0 Å². The van der Waals surface area contributed by atoms with Gasteiger partial charge in [0, 0.05) is 18.4 Å². The van der Waals surface area contributed by atoms with Gasteiger partial charge in [-0.2, -0.15) is 0 Å². The van der Waals surface area contributed by atoms with E-state index in [1.807, 2.05) is 51.3 Å².